The predicted molar refractivity (Wildman–Crippen MR) is 85.4 cm³/mol. The summed E-state index contributed by atoms with van der Waals surface area (Å²) < 4.78 is 0. The minimum atomic E-state index is 1.16. The van der Waals surface area contributed by atoms with Gasteiger partial charge in [0, 0.05) is 5.41 Å². The molecule has 2 N–H and O–H groups in total. The Morgan fingerprint density at radius 1 is 0.947 bits per heavy atom. The predicted octanol–water partition coefficient (Wildman–Crippen LogP) is 4.64. The van der Waals surface area contributed by atoms with E-state index in [0.29, 0.717) is 0 Å². The van der Waals surface area contributed by atoms with Crippen LogP contribution in [0.2, 0.25) is 0 Å². The van der Waals surface area contributed by atoms with Crippen molar-refractivity contribution in [2.75, 3.05) is 0 Å². The van der Waals surface area contributed by atoms with Crippen LogP contribution in [-0.4, -0.2) is 0 Å². The molecule has 0 saturated heterocycles. The second-order valence-electron chi connectivity index (χ2n) is 5.09. The first-order valence-corrected chi connectivity index (χ1v) is 8.24. The van der Waals surface area contributed by atoms with Crippen LogP contribution in [0, 0.1) is 0 Å². The first-order valence-electron chi connectivity index (χ1n) is 7.36. The van der Waals surface area contributed by atoms with Crippen molar-refractivity contribution in [2.24, 2.45) is 0 Å². The van der Waals surface area contributed by atoms with E-state index in [1.165, 1.54) is 56.1 Å². The maximum absolute atomic E-state index is 3.14. The highest BCUT2D eigenvalue weighted by atomic mass is 32.2. The molecule has 2 rings (SSSR count). The molecule has 1 aliphatic rings. The third kappa shape index (κ3) is 4.92. The van der Waals surface area contributed by atoms with Crippen molar-refractivity contribution in [3.8, 4) is 0 Å². The van der Waals surface area contributed by atoms with Crippen LogP contribution in [0.1, 0.15) is 56.6 Å². The van der Waals surface area contributed by atoms with Crippen molar-refractivity contribution in [2.45, 2.75) is 51.9 Å². The van der Waals surface area contributed by atoms with Gasteiger partial charge in [0.2, 0.25) is 0 Å². The van der Waals surface area contributed by atoms with Crippen molar-refractivity contribution in [3.63, 3.8) is 0 Å². The molecule has 1 heterocycles. The Labute approximate surface area is 121 Å². The number of hydrazine groups is 1. The van der Waals surface area contributed by atoms with Crippen molar-refractivity contribution < 1.29 is 0 Å². The third-order valence-corrected chi connectivity index (χ3v) is 4.08. The molecule has 0 aromatic heterocycles. The highest BCUT2D eigenvalue weighted by Crippen LogP contribution is 2.19. The number of benzene rings is 1. The average Bonchev–Trinajstić information content (AvgIpc) is 2.97. The van der Waals surface area contributed by atoms with Gasteiger partial charge in [0.25, 0.3) is 0 Å². The first-order chi connectivity index (χ1) is 9.40. The van der Waals surface area contributed by atoms with E-state index >= 15 is 0 Å². The molecular weight excluding hydrogens is 252 g/mol. The SMILES string of the molecule is CCCCCCCCc1ccc(C2=CSNN2)cc1. The number of hydrogen-bond acceptors (Lipinski definition) is 3. The fourth-order valence-electron chi connectivity index (χ4n) is 2.30. The minimum absolute atomic E-state index is 1.16. The van der Waals surface area contributed by atoms with Crippen molar-refractivity contribution >= 4 is 17.6 Å². The molecule has 0 atom stereocenters. The quantitative estimate of drug-likeness (QED) is 0.534. The lowest BCUT2D eigenvalue weighted by molar-refractivity contribution is 0.607. The van der Waals surface area contributed by atoms with Gasteiger partial charge in [-0.3, -0.25) is 0 Å². The first kappa shape index (κ1) is 14.5. The zero-order valence-electron chi connectivity index (χ0n) is 11.7. The molecule has 1 aromatic carbocycles. The molecule has 1 aliphatic heterocycles. The molecule has 2 nitrogen and oxygen atoms in total. The van der Waals surface area contributed by atoms with Crippen LogP contribution >= 0.6 is 11.9 Å². The molecule has 0 amide bonds. The highest BCUT2D eigenvalue weighted by Gasteiger charge is 2.05. The monoisotopic (exact) mass is 276 g/mol. The Morgan fingerprint density at radius 2 is 1.68 bits per heavy atom. The zero-order chi connectivity index (χ0) is 13.3. The molecule has 104 valence electrons. The van der Waals surface area contributed by atoms with Gasteiger partial charge in [-0.25, -0.2) is 0 Å². The number of aryl methyl sites for hydroxylation is 1. The molecule has 0 bridgehead atoms. The van der Waals surface area contributed by atoms with Crippen molar-refractivity contribution in [1.82, 2.24) is 10.3 Å². The largest absolute Gasteiger partial charge is 0.310 e. The number of unbranched alkanes of at least 4 members (excludes halogenated alkanes) is 5. The van der Waals surface area contributed by atoms with E-state index in [1.54, 1.807) is 11.9 Å². The van der Waals surface area contributed by atoms with Gasteiger partial charge >= 0.3 is 0 Å². The Morgan fingerprint density at radius 3 is 2.37 bits per heavy atom. The second kappa shape index (κ2) is 8.28. The molecule has 0 aliphatic carbocycles. The van der Waals surface area contributed by atoms with Gasteiger partial charge in [-0.1, -0.05) is 63.3 Å². The molecule has 19 heavy (non-hydrogen) atoms. The van der Waals surface area contributed by atoms with Crippen LogP contribution in [0.25, 0.3) is 5.70 Å². The van der Waals surface area contributed by atoms with E-state index in [2.05, 4.69) is 46.9 Å². The Hall–Kier alpha value is -0.930. The normalized spacial score (nSPS) is 14.3. The van der Waals surface area contributed by atoms with Gasteiger partial charge in [0.1, 0.15) is 0 Å². The van der Waals surface area contributed by atoms with Crippen molar-refractivity contribution in [1.29, 1.82) is 0 Å². The van der Waals surface area contributed by atoms with Crippen LogP contribution in [0.3, 0.4) is 0 Å². The summed E-state index contributed by atoms with van der Waals surface area (Å²) >= 11 is 1.58. The summed E-state index contributed by atoms with van der Waals surface area (Å²) in [6, 6.07) is 8.93. The lowest BCUT2D eigenvalue weighted by atomic mass is 10.0. The summed E-state index contributed by atoms with van der Waals surface area (Å²) in [5, 5.41) is 2.10. The fraction of sp³-hybridized carbons (Fsp3) is 0.500. The maximum Gasteiger partial charge on any atom is 0.0645 e. The third-order valence-electron chi connectivity index (χ3n) is 3.51. The van der Waals surface area contributed by atoms with Crippen LogP contribution in [0.5, 0.6) is 0 Å². The summed E-state index contributed by atoms with van der Waals surface area (Å²) in [6.45, 7) is 2.27. The topological polar surface area (TPSA) is 24.1 Å². The maximum atomic E-state index is 3.14. The van der Waals surface area contributed by atoms with Gasteiger partial charge in [-0.15, -0.1) is 0 Å². The van der Waals surface area contributed by atoms with Gasteiger partial charge in [-0.2, -0.15) is 4.83 Å². The zero-order valence-corrected chi connectivity index (χ0v) is 12.6. The van der Waals surface area contributed by atoms with E-state index in [1.807, 2.05) is 0 Å². The summed E-state index contributed by atoms with van der Waals surface area (Å²) in [6.07, 6.45) is 9.43. The molecule has 0 spiro atoms. The van der Waals surface area contributed by atoms with Gasteiger partial charge in [0.05, 0.1) is 5.70 Å². The van der Waals surface area contributed by atoms with Crippen LogP contribution < -0.4 is 10.3 Å². The van der Waals surface area contributed by atoms with E-state index in [4.69, 9.17) is 0 Å². The number of hydrogen-bond donors (Lipinski definition) is 2. The van der Waals surface area contributed by atoms with Gasteiger partial charge < -0.3 is 5.43 Å². The molecule has 0 unspecified atom stereocenters. The molecular formula is C16H24N2S. The summed E-state index contributed by atoms with van der Waals surface area (Å²) in [7, 11) is 0. The number of rotatable bonds is 8. The Kier molecular flexibility index (Phi) is 6.31. The summed E-state index contributed by atoms with van der Waals surface area (Å²) in [5.74, 6) is 0. The summed E-state index contributed by atoms with van der Waals surface area (Å²) in [5.41, 5.74) is 7.01. The Bertz CT molecular complexity index is 398. The lowest BCUT2D eigenvalue weighted by Crippen LogP contribution is -2.17. The minimum Gasteiger partial charge on any atom is -0.310 e. The van der Waals surface area contributed by atoms with E-state index in [9.17, 15) is 0 Å². The smallest absolute Gasteiger partial charge is 0.0645 e. The highest BCUT2D eigenvalue weighted by molar-refractivity contribution is 8.00. The van der Waals surface area contributed by atoms with Gasteiger partial charge in [0.15, 0.2) is 0 Å². The molecule has 0 fully saturated rings. The van der Waals surface area contributed by atoms with E-state index in [0.717, 1.165) is 5.70 Å². The number of nitrogens with one attached hydrogen (secondary N) is 2. The lowest BCUT2D eigenvalue weighted by Gasteiger charge is -2.06. The standard InChI is InChI=1S/C16H24N2S/c1-2-3-4-5-6-7-8-14-9-11-15(12-10-14)16-13-19-18-17-16/h9-13,17-18H,2-8H2,1H3. The molecule has 0 radical (unpaired) electrons. The molecule has 1 aromatic rings. The molecule has 0 saturated carbocycles. The van der Waals surface area contributed by atoms with E-state index in [-0.39, 0.29) is 0 Å². The van der Waals surface area contributed by atoms with Crippen LogP contribution in [0.4, 0.5) is 0 Å². The van der Waals surface area contributed by atoms with E-state index < -0.39 is 0 Å². The van der Waals surface area contributed by atoms with Crippen LogP contribution in [0.15, 0.2) is 29.7 Å². The van der Waals surface area contributed by atoms with Crippen molar-refractivity contribution in [3.05, 3.63) is 40.8 Å². The fourth-order valence-corrected chi connectivity index (χ4v) is 2.84. The molecule has 3 heteroatoms. The summed E-state index contributed by atoms with van der Waals surface area (Å²) in [4.78, 5) is 3.02. The van der Waals surface area contributed by atoms with Crippen LogP contribution in [-0.2, 0) is 6.42 Å². The Balaban J connectivity index is 1.70. The average molecular weight is 276 g/mol. The second-order valence-corrected chi connectivity index (χ2v) is 5.77. The van der Waals surface area contributed by atoms with Gasteiger partial charge in [-0.05, 0) is 35.9 Å².